The zero-order valence-electron chi connectivity index (χ0n) is 11.2. The fourth-order valence-electron chi connectivity index (χ4n) is 2.53. The summed E-state index contributed by atoms with van der Waals surface area (Å²) >= 11 is 6.22. The third kappa shape index (κ3) is 4.17. The van der Waals surface area contributed by atoms with Crippen molar-refractivity contribution in [2.75, 3.05) is 6.54 Å². The summed E-state index contributed by atoms with van der Waals surface area (Å²) in [5.74, 6) is -1.71. The number of carbonyl (C=O) groups is 1. The van der Waals surface area contributed by atoms with Crippen molar-refractivity contribution in [3.05, 3.63) is 35.4 Å². The van der Waals surface area contributed by atoms with E-state index in [9.17, 15) is 13.6 Å². The molecule has 1 aromatic carbocycles. The van der Waals surface area contributed by atoms with Crippen molar-refractivity contribution in [1.29, 1.82) is 0 Å². The number of nitrogens with one attached hydrogen (secondary N) is 1. The van der Waals surface area contributed by atoms with E-state index in [1.165, 1.54) is 6.07 Å². The van der Waals surface area contributed by atoms with E-state index >= 15 is 0 Å². The summed E-state index contributed by atoms with van der Waals surface area (Å²) in [4.78, 5) is 11.8. The van der Waals surface area contributed by atoms with Crippen LogP contribution in [0.1, 0.15) is 31.2 Å². The van der Waals surface area contributed by atoms with E-state index in [-0.39, 0.29) is 17.7 Å². The number of halogens is 3. The Morgan fingerprint density at radius 3 is 2.70 bits per heavy atom. The molecule has 110 valence electrons. The van der Waals surface area contributed by atoms with Gasteiger partial charge in [-0.1, -0.05) is 18.9 Å². The van der Waals surface area contributed by atoms with E-state index < -0.39 is 11.6 Å². The second-order valence-corrected chi connectivity index (χ2v) is 5.85. The Hall–Kier alpha value is -1.16. The molecule has 2 rings (SSSR count). The first-order valence-electron chi connectivity index (χ1n) is 6.91. The Balaban J connectivity index is 1.81. The van der Waals surface area contributed by atoms with Gasteiger partial charge in [0.2, 0.25) is 5.91 Å². The highest BCUT2D eigenvalue weighted by Gasteiger charge is 2.23. The molecule has 1 N–H and O–H groups in total. The van der Waals surface area contributed by atoms with E-state index in [1.807, 2.05) is 0 Å². The van der Waals surface area contributed by atoms with Gasteiger partial charge in [-0.2, -0.15) is 0 Å². The maximum absolute atomic E-state index is 13.0. The lowest BCUT2D eigenvalue weighted by atomic mass is 9.88. The molecule has 0 heterocycles. The Kier molecular flexibility index (Phi) is 5.35. The van der Waals surface area contributed by atoms with Crippen LogP contribution in [0.5, 0.6) is 0 Å². The summed E-state index contributed by atoms with van der Waals surface area (Å²) in [5.41, 5.74) is 0.465. The Morgan fingerprint density at radius 2 is 2.00 bits per heavy atom. The predicted octanol–water partition coefficient (Wildman–Crippen LogP) is 3.42. The van der Waals surface area contributed by atoms with Gasteiger partial charge in [-0.15, -0.1) is 11.6 Å². The fraction of sp³-hybridized carbons (Fsp3) is 0.533. The highest BCUT2D eigenvalue weighted by Crippen LogP contribution is 2.27. The molecule has 1 aliphatic rings. The van der Waals surface area contributed by atoms with Crippen LogP contribution in [-0.4, -0.2) is 17.8 Å². The monoisotopic (exact) mass is 301 g/mol. The Morgan fingerprint density at radius 1 is 1.25 bits per heavy atom. The molecule has 0 aromatic heterocycles. The van der Waals surface area contributed by atoms with Crippen molar-refractivity contribution < 1.29 is 13.6 Å². The molecule has 1 amide bonds. The fourth-order valence-corrected chi connectivity index (χ4v) is 2.90. The van der Waals surface area contributed by atoms with Gasteiger partial charge in [0.25, 0.3) is 0 Å². The molecule has 0 radical (unpaired) electrons. The van der Waals surface area contributed by atoms with Gasteiger partial charge in [0.05, 0.1) is 6.42 Å². The average Bonchev–Trinajstić information content (AvgIpc) is 2.42. The minimum Gasteiger partial charge on any atom is -0.355 e. The molecule has 1 fully saturated rings. The number of carbonyl (C=O) groups excluding carboxylic acids is 1. The van der Waals surface area contributed by atoms with E-state index in [0.717, 1.165) is 37.8 Å². The van der Waals surface area contributed by atoms with Crippen molar-refractivity contribution >= 4 is 17.5 Å². The molecule has 0 spiro atoms. The van der Waals surface area contributed by atoms with E-state index in [4.69, 9.17) is 11.6 Å². The van der Waals surface area contributed by atoms with Crippen LogP contribution in [0.15, 0.2) is 18.2 Å². The molecule has 0 bridgehead atoms. The first kappa shape index (κ1) is 15.2. The van der Waals surface area contributed by atoms with Crippen LogP contribution in [0.3, 0.4) is 0 Å². The molecule has 5 heteroatoms. The maximum atomic E-state index is 13.0. The Labute approximate surface area is 122 Å². The highest BCUT2D eigenvalue weighted by atomic mass is 35.5. The summed E-state index contributed by atoms with van der Waals surface area (Å²) in [5, 5.41) is 2.94. The number of rotatable bonds is 4. The van der Waals surface area contributed by atoms with Crippen molar-refractivity contribution in [2.45, 2.75) is 37.5 Å². The van der Waals surface area contributed by atoms with Crippen LogP contribution in [0.25, 0.3) is 0 Å². The first-order chi connectivity index (χ1) is 9.56. The van der Waals surface area contributed by atoms with E-state index in [0.29, 0.717) is 18.0 Å². The minimum absolute atomic E-state index is 0.0525. The van der Waals surface area contributed by atoms with Gasteiger partial charge < -0.3 is 5.32 Å². The highest BCUT2D eigenvalue weighted by molar-refractivity contribution is 6.20. The molecule has 1 aromatic rings. The zero-order valence-corrected chi connectivity index (χ0v) is 11.9. The van der Waals surface area contributed by atoms with Crippen molar-refractivity contribution in [3.8, 4) is 0 Å². The summed E-state index contributed by atoms with van der Waals surface area (Å²) in [6, 6.07) is 3.51. The molecule has 1 saturated carbocycles. The van der Waals surface area contributed by atoms with Crippen molar-refractivity contribution in [2.24, 2.45) is 5.92 Å². The number of amides is 1. The van der Waals surface area contributed by atoms with Crippen molar-refractivity contribution in [3.63, 3.8) is 0 Å². The van der Waals surface area contributed by atoms with Crippen LogP contribution in [0.2, 0.25) is 0 Å². The van der Waals surface area contributed by atoms with Gasteiger partial charge in [-0.05, 0) is 36.5 Å². The summed E-state index contributed by atoms with van der Waals surface area (Å²) in [6.07, 6.45) is 4.36. The lowest BCUT2D eigenvalue weighted by molar-refractivity contribution is -0.120. The molecular formula is C15H18ClF2NO. The van der Waals surface area contributed by atoms with Gasteiger partial charge in [0, 0.05) is 11.9 Å². The van der Waals surface area contributed by atoms with Crippen molar-refractivity contribution in [1.82, 2.24) is 5.32 Å². The predicted molar refractivity (Wildman–Crippen MR) is 74.7 cm³/mol. The zero-order chi connectivity index (χ0) is 14.5. The number of alkyl halides is 1. The van der Waals surface area contributed by atoms with Crippen LogP contribution in [-0.2, 0) is 11.2 Å². The lowest BCUT2D eigenvalue weighted by Gasteiger charge is -2.27. The van der Waals surface area contributed by atoms with E-state index in [2.05, 4.69) is 5.32 Å². The molecular weight excluding hydrogens is 284 g/mol. The smallest absolute Gasteiger partial charge is 0.224 e. The normalized spacial score (nSPS) is 22.6. The second kappa shape index (κ2) is 7.02. The summed E-state index contributed by atoms with van der Waals surface area (Å²) in [6.45, 7) is 0.552. The van der Waals surface area contributed by atoms with Crippen LogP contribution in [0.4, 0.5) is 8.78 Å². The number of hydrogen-bond donors (Lipinski definition) is 1. The molecule has 0 aliphatic heterocycles. The molecule has 2 unspecified atom stereocenters. The van der Waals surface area contributed by atoms with Gasteiger partial charge >= 0.3 is 0 Å². The maximum Gasteiger partial charge on any atom is 0.224 e. The molecule has 1 aliphatic carbocycles. The topological polar surface area (TPSA) is 29.1 Å². The largest absolute Gasteiger partial charge is 0.355 e. The summed E-state index contributed by atoms with van der Waals surface area (Å²) < 4.78 is 25.8. The lowest BCUT2D eigenvalue weighted by Crippen LogP contribution is -2.35. The third-order valence-electron chi connectivity index (χ3n) is 3.73. The van der Waals surface area contributed by atoms with Crippen LogP contribution >= 0.6 is 11.6 Å². The Bertz CT molecular complexity index is 481. The summed E-state index contributed by atoms with van der Waals surface area (Å²) in [7, 11) is 0. The van der Waals surface area contributed by atoms with Gasteiger partial charge in [0.1, 0.15) is 0 Å². The molecule has 20 heavy (non-hydrogen) atoms. The standard InChI is InChI=1S/C15H18ClF2NO/c16-12-4-2-1-3-11(12)9-19-15(20)8-10-5-6-13(17)14(18)7-10/h5-7,11-12H,1-4,8-9H2,(H,19,20). The molecule has 2 nitrogen and oxygen atoms in total. The van der Waals surface area contributed by atoms with Crippen LogP contribution in [0, 0.1) is 17.6 Å². The molecule has 0 saturated heterocycles. The third-order valence-corrected chi connectivity index (χ3v) is 4.30. The van der Waals surface area contributed by atoms with Gasteiger partial charge in [0.15, 0.2) is 11.6 Å². The second-order valence-electron chi connectivity index (χ2n) is 5.29. The van der Waals surface area contributed by atoms with Gasteiger partial charge in [-0.25, -0.2) is 8.78 Å². The quantitative estimate of drug-likeness (QED) is 0.848. The van der Waals surface area contributed by atoms with E-state index in [1.54, 1.807) is 0 Å². The number of hydrogen-bond acceptors (Lipinski definition) is 1. The van der Waals surface area contributed by atoms with Crippen LogP contribution < -0.4 is 5.32 Å². The SMILES string of the molecule is O=C(Cc1ccc(F)c(F)c1)NCC1CCCCC1Cl. The minimum atomic E-state index is -0.927. The number of benzene rings is 1. The van der Waals surface area contributed by atoms with Gasteiger partial charge in [-0.3, -0.25) is 4.79 Å². The molecule has 2 atom stereocenters. The average molecular weight is 302 g/mol. The first-order valence-corrected chi connectivity index (χ1v) is 7.34.